The maximum Gasteiger partial charge on any atom is 0.224 e. The van der Waals surface area contributed by atoms with Crippen molar-refractivity contribution >= 4 is 27.5 Å². The van der Waals surface area contributed by atoms with Crippen molar-refractivity contribution in [3.8, 4) is 11.4 Å². The lowest BCUT2D eigenvalue weighted by molar-refractivity contribution is -0.123. The van der Waals surface area contributed by atoms with Gasteiger partial charge in [-0.3, -0.25) is 4.79 Å². The number of halogens is 1. The molecule has 1 aromatic heterocycles. The number of hydrogen-bond donors (Lipinski definition) is 1. The average Bonchev–Trinajstić information content (AvgIpc) is 2.94. The SMILES string of the molecule is O=C(CC12C[C@H]3C[C@@H](CC(Br)(C3)C1)C2)Nc1ccc(-c2nnc3n2CCCCC3)cc1. The molecule has 7 rings (SSSR count). The minimum atomic E-state index is 0.169. The second kappa shape index (κ2) is 7.43. The fraction of sp³-hybridized carbons (Fsp3) is 0.640. The van der Waals surface area contributed by atoms with Crippen molar-refractivity contribution in [1.82, 2.24) is 14.8 Å². The molecule has 1 aliphatic heterocycles. The van der Waals surface area contributed by atoms with Crippen LogP contribution in [0.1, 0.15) is 70.0 Å². The number of carbonyl (C=O) groups excluding carboxylic acids is 1. The molecule has 1 N–H and O–H groups in total. The summed E-state index contributed by atoms with van der Waals surface area (Å²) in [5.41, 5.74) is 2.15. The molecular formula is C25H31BrN4O. The number of carbonyl (C=O) groups is 1. The van der Waals surface area contributed by atoms with Gasteiger partial charge in [0.2, 0.25) is 5.91 Å². The van der Waals surface area contributed by atoms with E-state index in [9.17, 15) is 4.79 Å². The predicted molar refractivity (Wildman–Crippen MR) is 125 cm³/mol. The number of alkyl halides is 1. The third kappa shape index (κ3) is 3.75. The molecule has 31 heavy (non-hydrogen) atoms. The number of nitrogens with zero attached hydrogens (tertiary/aromatic N) is 3. The first-order chi connectivity index (χ1) is 15.0. The van der Waals surface area contributed by atoms with Gasteiger partial charge in [0.15, 0.2) is 5.82 Å². The van der Waals surface area contributed by atoms with E-state index < -0.39 is 0 Å². The highest BCUT2D eigenvalue weighted by Gasteiger charge is 2.57. The second-order valence-electron chi connectivity index (χ2n) is 10.8. The van der Waals surface area contributed by atoms with Gasteiger partial charge in [-0.15, -0.1) is 10.2 Å². The van der Waals surface area contributed by atoms with Crippen LogP contribution < -0.4 is 5.32 Å². The van der Waals surface area contributed by atoms with Crippen LogP contribution in [-0.2, 0) is 17.8 Å². The Bertz CT molecular complexity index is 983. The highest BCUT2D eigenvalue weighted by Crippen LogP contribution is 2.65. The molecule has 0 radical (unpaired) electrons. The molecule has 0 spiro atoms. The molecular weight excluding hydrogens is 452 g/mol. The van der Waals surface area contributed by atoms with Gasteiger partial charge in [0.25, 0.3) is 0 Å². The maximum atomic E-state index is 13.0. The Hall–Kier alpha value is -1.69. The molecule has 1 aromatic carbocycles. The van der Waals surface area contributed by atoms with E-state index in [1.54, 1.807) is 0 Å². The number of aromatic nitrogens is 3. The van der Waals surface area contributed by atoms with Crippen LogP contribution in [-0.4, -0.2) is 25.0 Å². The summed E-state index contributed by atoms with van der Waals surface area (Å²) in [7, 11) is 0. The zero-order valence-corrected chi connectivity index (χ0v) is 19.7. The number of amides is 1. The summed E-state index contributed by atoms with van der Waals surface area (Å²) in [5.74, 6) is 3.84. The van der Waals surface area contributed by atoms with E-state index in [4.69, 9.17) is 0 Å². The first kappa shape index (κ1) is 20.0. The highest BCUT2D eigenvalue weighted by molar-refractivity contribution is 9.10. The Morgan fingerprint density at radius 3 is 2.58 bits per heavy atom. The van der Waals surface area contributed by atoms with Crippen LogP contribution in [0, 0.1) is 17.3 Å². The van der Waals surface area contributed by atoms with Crippen molar-refractivity contribution in [3.63, 3.8) is 0 Å². The topological polar surface area (TPSA) is 59.8 Å². The van der Waals surface area contributed by atoms with Crippen molar-refractivity contribution in [2.75, 3.05) is 5.32 Å². The molecule has 2 heterocycles. The van der Waals surface area contributed by atoms with Gasteiger partial charge in [0.05, 0.1) is 0 Å². The van der Waals surface area contributed by atoms with Crippen LogP contribution >= 0.6 is 15.9 Å². The summed E-state index contributed by atoms with van der Waals surface area (Å²) in [6.07, 6.45) is 12.9. The lowest BCUT2D eigenvalue weighted by Crippen LogP contribution is -2.53. The number of aryl methyl sites for hydroxylation is 1. The van der Waals surface area contributed by atoms with E-state index in [-0.39, 0.29) is 11.3 Å². The molecule has 0 saturated heterocycles. The maximum absolute atomic E-state index is 13.0. The Labute approximate surface area is 192 Å². The molecule has 5 nitrogen and oxygen atoms in total. The van der Waals surface area contributed by atoms with Gasteiger partial charge in [-0.05, 0) is 92.9 Å². The van der Waals surface area contributed by atoms with Gasteiger partial charge in [-0.1, -0.05) is 22.4 Å². The van der Waals surface area contributed by atoms with Crippen LogP contribution in [0.4, 0.5) is 5.69 Å². The summed E-state index contributed by atoms with van der Waals surface area (Å²) in [6, 6.07) is 8.15. The standard InChI is InChI=1S/C25H31BrN4O/c26-25-13-17-10-18(14-25)12-24(11-17,16-25)15-22(31)27-20-7-5-19(6-8-20)23-29-28-21-4-2-1-3-9-30(21)23/h5-8,17-18H,1-4,9-16H2,(H,27,31)/t17-,18-,24?,25?/m1/s1. The van der Waals surface area contributed by atoms with E-state index in [0.29, 0.717) is 10.7 Å². The number of fused-ring (bicyclic) bond motifs is 1. The van der Waals surface area contributed by atoms with Gasteiger partial charge in [0.1, 0.15) is 5.82 Å². The molecule has 1 amide bonds. The number of nitrogens with one attached hydrogen (secondary N) is 1. The van der Waals surface area contributed by atoms with E-state index in [0.717, 1.165) is 54.1 Å². The summed E-state index contributed by atoms with van der Waals surface area (Å²) >= 11 is 4.06. The average molecular weight is 483 g/mol. The van der Waals surface area contributed by atoms with Gasteiger partial charge in [-0.25, -0.2) is 0 Å². The first-order valence-corrected chi connectivity index (χ1v) is 12.8. The van der Waals surface area contributed by atoms with Crippen LogP contribution in [0.3, 0.4) is 0 Å². The second-order valence-corrected chi connectivity index (χ2v) is 12.5. The third-order valence-corrected chi connectivity index (χ3v) is 9.11. The van der Waals surface area contributed by atoms with Crippen LogP contribution in [0.15, 0.2) is 24.3 Å². The molecule has 4 saturated carbocycles. The van der Waals surface area contributed by atoms with Crippen molar-refractivity contribution in [2.45, 2.75) is 81.5 Å². The van der Waals surface area contributed by atoms with Crippen LogP contribution in [0.2, 0.25) is 0 Å². The van der Waals surface area contributed by atoms with Gasteiger partial charge < -0.3 is 9.88 Å². The molecule has 2 aromatic rings. The summed E-state index contributed by atoms with van der Waals surface area (Å²) in [5, 5.41) is 12.0. The van der Waals surface area contributed by atoms with E-state index in [1.807, 2.05) is 12.1 Å². The van der Waals surface area contributed by atoms with Gasteiger partial charge in [-0.2, -0.15) is 0 Å². The fourth-order valence-electron chi connectivity index (χ4n) is 7.49. The van der Waals surface area contributed by atoms with Crippen molar-refractivity contribution in [2.24, 2.45) is 17.3 Å². The van der Waals surface area contributed by atoms with Crippen molar-refractivity contribution < 1.29 is 4.79 Å². The van der Waals surface area contributed by atoms with Crippen LogP contribution in [0.25, 0.3) is 11.4 Å². The molecule has 164 valence electrons. The Morgan fingerprint density at radius 1 is 1.06 bits per heavy atom. The number of anilines is 1. The fourth-order valence-corrected chi connectivity index (χ4v) is 9.00. The van der Waals surface area contributed by atoms with Crippen molar-refractivity contribution in [3.05, 3.63) is 30.1 Å². The molecule has 4 aliphatic carbocycles. The van der Waals surface area contributed by atoms with E-state index in [1.165, 1.54) is 51.4 Å². The quantitative estimate of drug-likeness (QED) is 0.565. The minimum absolute atomic E-state index is 0.169. The number of rotatable bonds is 4. The minimum Gasteiger partial charge on any atom is -0.326 e. The lowest BCUT2D eigenvalue weighted by atomic mass is 9.48. The monoisotopic (exact) mass is 482 g/mol. The lowest BCUT2D eigenvalue weighted by Gasteiger charge is -2.60. The van der Waals surface area contributed by atoms with E-state index in [2.05, 4.69) is 48.1 Å². The molecule has 0 unspecified atom stereocenters. The highest BCUT2D eigenvalue weighted by atomic mass is 79.9. The Balaban J connectivity index is 1.14. The molecule has 5 aliphatic rings. The largest absolute Gasteiger partial charge is 0.326 e. The number of benzene rings is 1. The zero-order chi connectivity index (χ0) is 21.1. The zero-order valence-electron chi connectivity index (χ0n) is 18.1. The number of hydrogen-bond acceptors (Lipinski definition) is 3. The van der Waals surface area contributed by atoms with Gasteiger partial charge >= 0.3 is 0 Å². The Morgan fingerprint density at radius 2 is 1.84 bits per heavy atom. The smallest absolute Gasteiger partial charge is 0.224 e. The van der Waals surface area contributed by atoms with Gasteiger partial charge in [0, 0.05) is 35.0 Å². The first-order valence-electron chi connectivity index (χ1n) is 12.0. The normalized spacial score (nSPS) is 33.7. The molecule has 4 bridgehead atoms. The van der Waals surface area contributed by atoms with Crippen LogP contribution in [0.5, 0.6) is 0 Å². The predicted octanol–water partition coefficient (Wildman–Crippen LogP) is 5.73. The summed E-state index contributed by atoms with van der Waals surface area (Å²) in [4.78, 5) is 13.0. The molecule has 4 fully saturated rings. The summed E-state index contributed by atoms with van der Waals surface area (Å²) < 4.78 is 2.57. The molecule has 2 atom stereocenters. The molecule has 6 heteroatoms. The van der Waals surface area contributed by atoms with Crippen molar-refractivity contribution in [1.29, 1.82) is 0 Å². The summed E-state index contributed by atoms with van der Waals surface area (Å²) in [6.45, 7) is 0.995. The third-order valence-electron chi connectivity index (χ3n) is 8.18. The Kier molecular flexibility index (Phi) is 4.78. The van der Waals surface area contributed by atoms with E-state index >= 15 is 0 Å².